The summed E-state index contributed by atoms with van der Waals surface area (Å²) in [7, 11) is 0. The van der Waals surface area contributed by atoms with Gasteiger partial charge in [0.05, 0.1) is 0 Å². The lowest BCUT2D eigenvalue weighted by Gasteiger charge is -2.47. The Kier molecular flexibility index (Phi) is 5.51. The van der Waals surface area contributed by atoms with E-state index in [1.54, 1.807) is 0 Å². The number of alkyl halides is 6. The lowest BCUT2D eigenvalue weighted by Crippen LogP contribution is -2.58. The van der Waals surface area contributed by atoms with Crippen LogP contribution >= 0.6 is 0 Å². The molecule has 0 spiro atoms. The molecule has 0 saturated heterocycles. The lowest BCUT2D eigenvalue weighted by molar-refractivity contribution is -0.373. The van der Waals surface area contributed by atoms with Gasteiger partial charge in [0.2, 0.25) is 0 Å². The summed E-state index contributed by atoms with van der Waals surface area (Å²) in [5, 5.41) is 9.62. The van der Waals surface area contributed by atoms with Crippen LogP contribution < -0.4 is 0 Å². The number of rotatable bonds is 5. The molecule has 1 N–H and O–H groups in total. The van der Waals surface area contributed by atoms with Crippen molar-refractivity contribution < 1.29 is 31.4 Å². The van der Waals surface area contributed by atoms with Crippen LogP contribution in [-0.2, 0) is 0 Å². The molecule has 7 heteroatoms. The van der Waals surface area contributed by atoms with Gasteiger partial charge in [0.15, 0.2) is 0 Å². The van der Waals surface area contributed by atoms with Crippen molar-refractivity contribution in [3.05, 3.63) is 0 Å². The van der Waals surface area contributed by atoms with Crippen molar-refractivity contribution in [2.24, 2.45) is 40.9 Å². The molecule has 2 aliphatic carbocycles. The summed E-state index contributed by atoms with van der Waals surface area (Å²) in [4.78, 5) is 0. The Labute approximate surface area is 151 Å². The Morgan fingerprint density at radius 3 is 1.85 bits per heavy atom. The molecule has 5 atom stereocenters. The first-order valence-corrected chi connectivity index (χ1v) is 9.42. The SMILES string of the molecule is CCC(C)(C)C1C2CC(CC(O)(C(F)(F)F)C(F)(F)F)C(C2)C1C(C)C. The molecule has 0 aromatic carbocycles. The van der Waals surface area contributed by atoms with Crippen LogP contribution in [0.25, 0.3) is 0 Å². The van der Waals surface area contributed by atoms with Crippen LogP contribution in [0.4, 0.5) is 26.3 Å². The van der Waals surface area contributed by atoms with Gasteiger partial charge in [-0.25, -0.2) is 0 Å². The van der Waals surface area contributed by atoms with Crippen LogP contribution in [-0.4, -0.2) is 23.1 Å². The molecule has 2 aliphatic rings. The average molecular weight is 388 g/mol. The lowest BCUT2D eigenvalue weighted by atomic mass is 9.58. The smallest absolute Gasteiger partial charge is 0.374 e. The second kappa shape index (κ2) is 6.56. The number of hydrogen-bond acceptors (Lipinski definition) is 1. The first-order chi connectivity index (χ1) is 11.6. The average Bonchev–Trinajstić information content (AvgIpc) is 3.02. The maximum atomic E-state index is 13.1. The van der Waals surface area contributed by atoms with Gasteiger partial charge in [-0.05, 0) is 60.2 Å². The van der Waals surface area contributed by atoms with E-state index in [1.165, 1.54) is 0 Å². The third-order valence-corrected chi connectivity index (χ3v) is 7.28. The molecular formula is C19H30F6O. The van der Waals surface area contributed by atoms with E-state index in [1.807, 2.05) is 13.8 Å². The van der Waals surface area contributed by atoms with Gasteiger partial charge < -0.3 is 5.11 Å². The second-order valence-corrected chi connectivity index (χ2v) is 9.40. The van der Waals surface area contributed by atoms with Crippen LogP contribution in [0.5, 0.6) is 0 Å². The summed E-state index contributed by atoms with van der Waals surface area (Å²) in [6.45, 7) is 10.4. The van der Waals surface area contributed by atoms with E-state index < -0.39 is 30.3 Å². The van der Waals surface area contributed by atoms with Crippen LogP contribution in [0.15, 0.2) is 0 Å². The molecule has 0 radical (unpaired) electrons. The maximum Gasteiger partial charge on any atom is 0.426 e. The van der Waals surface area contributed by atoms with Gasteiger partial charge in [-0.1, -0.05) is 41.0 Å². The summed E-state index contributed by atoms with van der Waals surface area (Å²) in [6.07, 6.45) is -10.8. The molecule has 0 heterocycles. The maximum absolute atomic E-state index is 13.1. The highest BCUT2D eigenvalue weighted by atomic mass is 19.4. The zero-order valence-corrected chi connectivity index (χ0v) is 16.0. The monoisotopic (exact) mass is 388 g/mol. The molecule has 2 bridgehead atoms. The Morgan fingerprint density at radius 1 is 0.962 bits per heavy atom. The fourth-order valence-corrected chi connectivity index (χ4v) is 5.86. The van der Waals surface area contributed by atoms with Crippen LogP contribution in [0.2, 0.25) is 0 Å². The highest BCUT2D eigenvalue weighted by molar-refractivity contribution is 5.08. The van der Waals surface area contributed by atoms with Gasteiger partial charge in [0.1, 0.15) is 0 Å². The van der Waals surface area contributed by atoms with E-state index >= 15 is 0 Å². The summed E-state index contributed by atoms with van der Waals surface area (Å²) < 4.78 is 78.6. The molecule has 2 fully saturated rings. The summed E-state index contributed by atoms with van der Waals surface area (Å²) in [5.74, 6) is -0.207. The van der Waals surface area contributed by atoms with Crippen molar-refractivity contribution in [3.8, 4) is 0 Å². The first-order valence-electron chi connectivity index (χ1n) is 9.42. The van der Waals surface area contributed by atoms with Gasteiger partial charge in [-0.3, -0.25) is 0 Å². The van der Waals surface area contributed by atoms with Crippen molar-refractivity contribution in [2.75, 3.05) is 0 Å². The number of fused-ring (bicyclic) bond motifs is 2. The normalized spacial score (nSPS) is 33.3. The highest BCUT2D eigenvalue weighted by Gasteiger charge is 2.72. The number of aliphatic hydroxyl groups is 1. The Morgan fingerprint density at radius 2 is 1.46 bits per heavy atom. The van der Waals surface area contributed by atoms with E-state index in [-0.39, 0.29) is 29.1 Å². The van der Waals surface area contributed by atoms with Gasteiger partial charge >= 0.3 is 12.4 Å². The van der Waals surface area contributed by atoms with E-state index in [9.17, 15) is 31.4 Å². The third-order valence-electron chi connectivity index (χ3n) is 7.28. The van der Waals surface area contributed by atoms with Gasteiger partial charge in [-0.15, -0.1) is 0 Å². The minimum atomic E-state index is -5.72. The van der Waals surface area contributed by atoms with E-state index in [4.69, 9.17) is 0 Å². The fraction of sp³-hybridized carbons (Fsp3) is 1.00. The second-order valence-electron chi connectivity index (χ2n) is 9.40. The van der Waals surface area contributed by atoms with Crippen molar-refractivity contribution in [1.82, 2.24) is 0 Å². The van der Waals surface area contributed by atoms with E-state index in [0.29, 0.717) is 18.8 Å². The molecule has 2 rings (SSSR count). The predicted octanol–water partition coefficient (Wildman–Crippen LogP) is 6.21. The van der Waals surface area contributed by atoms with Crippen molar-refractivity contribution in [1.29, 1.82) is 0 Å². The quantitative estimate of drug-likeness (QED) is 0.555. The minimum Gasteiger partial charge on any atom is -0.374 e. The zero-order valence-electron chi connectivity index (χ0n) is 16.0. The molecule has 0 aliphatic heterocycles. The van der Waals surface area contributed by atoms with Crippen molar-refractivity contribution in [2.45, 2.75) is 78.3 Å². The molecule has 2 saturated carbocycles. The summed E-state index contributed by atoms with van der Waals surface area (Å²) >= 11 is 0. The topological polar surface area (TPSA) is 20.2 Å². The molecule has 1 nitrogen and oxygen atoms in total. The Bertz CT molecular complexity index is 493. The largest absolute Gasteiger partial charge is 0.426 e. The fourth-order valence-electron chi connectivity index (χ4n) is 5.86. The number of hydrogen-bond donors (Lipinski definition) is 1. The van der Waals surface area contributed by atoms with E-state index in [0.717, 1.165) is 6.42 Å². The van der Waals surface area contributed by atoms with Crippen LogP contribution in [0, 0.1) is 40.9 Å². The van der Waals surface area contributed by atoms with Crippen molar-refractivity contribution >= 4 is 0 Å². The Hall–Kier alpha value is -0.460. The van der Waals surface area contributed by atoms with Crippen LogP contribution in [0.1, 0.15) is 60.3 Å². The minimum absolute atomic E-state index is 0.00365. The van der Waals surface area contributed by atoms with Gasteiger partial charge in [0, 0.05) is 0 Å². The zero-order chi connectivity index (χ0) is 20.3. The molecule has 5 unspecified atom stereocenters. The third kappa shape index (κ3) is 3.37. The molecule has 0 amide bonds. The molecule has 26 heavy (non-hydrogen) atoms. The summed E-state index contributed by atoms with van der Waals surface area (Å²) in [6, 6.07) is 0. The molecule has 0 aromatic heterocycles. The van der Waals surface area contributed by atoms with Crippen LogP contribution in [0.3, 0.4) is 0 Å². The van der Waals surface area contributed by atoms with Crippen molar-refractivity contribution in [3.63, 3.8) is 0 Å². The number of halogens is 6. The van der Waals surface area contributed by atoms with Gasteiger partial charge in [-0.2, -0.15) is 26.3 Å². The highest BCUT2D eigenvalue weighted by Crippen LogP contribution is 2.65. The molecule has 0 aromatic rings. The standard InChI is InChI=1S/C19H30F6O/c1-6-16(4,5)15-11-7-12(13(8-11)14(15)10(2)3)9-17(26,18(20,21)22)19(23,24)25/h10-15,26H,6-9H2,1-5H3. The molecule has 154 valence electrons. The van der Waals surface area contributed by atoms with Gasteiger partial charge in [0.25, 0.3) is 5.60 Å². The Balaban J connectivity index is 2.31. The predicted molar refractivity (Wildman–Crippen MR) is 87.3 cm³/mol. The first kappa shape index (κ1) is 21.8. The molecular weight excluding hydrogens is 358 g/mol. The van der Waals surface area contributed by atoms with E-state index in [2.05, 4.69) is 20.8 Å². The summed E-state index contributed by atoms with van der Waals surface area (Å²) in [5.41, 5.74) is -4.61.